The van der Waals surface area contributed by atoms with Crippen LogP contribution in [0.3, 0.4) is 0 Å². The van der Waals surface area contributed by atoms with Crippen molar-refractivity contribution in [3.63, 3.8) is 0 Å². The minimum absolute atomic E-state index is 0.147. The van der Waals surface area contributed by atoms with Gasteiger partial charge in [-0.25, -0.2) is 13.2 Å². The van der Waals surface area contributed by atoms with E-state index in [1.54, 1.807) is 43.3 Å². The molecule has 3 aromatic rings. The van der Waals surface area contributed by atoms with Crippen molar-refractivity contribution in [2.45, 2.75) is 38.5 Å². The summed E-state index contributed by atoms with van der Waals surface area (Å²) in [4.78, 5) is 0. The Morgan fingerprint density at radius 3 is 2.23 bits per heavy atom. The van der Waals surface area contributed by atoms with Crippen molar-refractivity contribution >= 4 is 6.08 Å². The second-order valence-corrected chi connectivity index (χ2v) is 8.18. The fourth-order valence-electron chi connectivity index (χ4n) is 4.28. The summed E-state index contributed by atoms with van der Waals surface area (Å²) in [5.41, 5.74) is 2.94. The van der Waals surface area contributed by atoms with Gasteiger partial charge in [-0.05, 0) is 67.2 Å². The first-order valence-corrected chi connectivity index (χ1v) is 10.5. The highest BCUT2D eigenvalue weighted by Gasteiger charge is 2.22. The molecule has 4 rings (SSSR count). The van der Waals surface area contributed by atoms with Gasteiger partial charge in [0.05, 0.1) is 0 Å². The van der Waals surface area contributed by atoms with Crippen LogP contribution >= 0.6 is 0 Å². The minimum atomic E-state index is -0.812. The standard InChI is InChI=1S/C27H25F3/c1-18-7-11-23(17-25(18)28)20-12-8-19(9-13-20)10-14-22-15-16-24(27(30)26(22)29)21-5-3-2-4-6-21/h2-7,10-11,14-17,19-20H,8-9,12-13H2,1H3/b14-10+. The molecule has 1 fully saturated rings. The van der Waals surface area contributed by atoms with Gasteiger partial charge in [0.15, 0.2) is 11.6 Å². The van der Waals surface area contributed by atoms with Crippen LogP contribution in [0.2, 0.25) is 0 Å². The number of allylic oxidation sites excluding steroid dienone is 1. The number of rotatable bonds is 4. The predicted molar refractivity (Wildman–Crippen MR) is 117 cm³/mol. The van der Waals surface area contributed by atoms with Crippen LogP contribution in [0.5, 0.6) is 0 Å². The molecule has 3 aromatic carbocycles. The number of halogens is 3. The molecule has 0 amide bonds. The Kier molecular flexibility index (Phi) is 6.08. The lowest BCUT2D eigenvalue weighted by Crippen LogP contribution is -2.12. The predicted octanol–water partition coefficient (Wildman–Crippen LogP) is 8.07. The summed E-state index contributed by atoms with van der Waals surface area (Å²) >= 11 is 0. The van der Waals surface area contributed by atoms with Crippen molar-refractivity contribution in [1.29, 1.82) is 0 Å². The smallest absolute Gasteiger partial charge is 0.167 e. The molecule has 0 spiro atoms. The van der Waals surface area contributed by atoms with Gasteiger partial charge in [-0.1, -0.05) is 66.7 Å². The van der Waals surface area contributed by atoms with E-state index in [0.717, 1.165) is 31.2 Å². The minimum Gasteiger partial charge on any atom is -0.207 e. The van der Waals surface area contributed by atoms with Gasteiger partial charge in [0.2, 0.25) is 0 Å². The molecule has 154 valence electrons. The van der Waals surface area contributed by atoms with Gasteiger partial charge >= 0.3 is 0 Å². The monoisotopic (exact) mass is 406 g/mol. The van der Waals surface area contributed by atoms with Gasteiger partial charge in [0.1, 0.15) is 5.82 Å². The summed E-state index contributed by atoms with van der Waals surface area (Å²) in [7, 11) is 0. The first kappa shape index (κ1) is 20.5. The topological polar surface area (TPSA) is 0 Å². The molecule has 1 saturated carbocycles. The van der Waals surface area contributed by atoms with Crippen molar-refractivity contribution in [2.75, 3.05) is 0 Å². The van der Waals surface area contributed by atoms with Crippen LogP contribution < -0.4 is 0 Å². The zero-order valence-corrected chi connectivity index (χ0v) is 17.0. The van der Waals surface area contributed by atoms with E-state index in [1.165, 1.54) is 0 Å². The van der Waals surface area contributed by atoms with Gasteiger partial charge in [-0.3, -0.25) is 0 Å². The van der Waals surface area contributed by atoms with Crippen molar-refractivity contribution in [2.24, 2.45) is 5.92 Å². The van der Waals surface area contributed by atoms with E-state index in [9.17, 15) is 13.2 Å². The Morgan fingerprint density at radius 2 is 1.53 bits per heavy atom. The van der Waals surface area contributed by atoms with Crippen molar-refractivity contribution in [1.82, 2.24) is 0 Å². The third-order valence-corrected chi connectivity index (χ3v) is 6.18. The van der Waals surface area contributed by atoms with Crippen LogP contribution in [0.1, 0.15) is 48.3 Å². The Balaban J connectivity index is 1.42. The lowest BCUT2D eigenvalue weighted by molar-refractivity contribution is 0.376. The van der Waals surface area contributed by atoms with Gasteiger partial charge in [0.25, 0.3) is 0 Å². The fraction of sp³-hybridized carbons (Fsp3) is 0.259. The van der Waals surface area contributed by atoms with E-state index in [-0.39, 0.29) is 16.9 Å². The van der Waals surface area contributed by atoms with Crippen LogP contribution in [-0.4, -0.2) is 0 Å². The average Bonchev–Trinajstić information content (AvgIpc) is 2.78. The highest BCUT2D eigenvalue weighted by Crippen LogP contribution is 2.37. The normalized spacial score (nSPS) is 19.3. The third-order valence-electron chi connectivity index (χ3n) is 6.18. The summed E-state index contributed by atoms with van der Waals surface area (Å²) in [5, 5.41) is 0. The van der Waals surface area contributed by atoms with Crippen LogP contribution in [0.4, 0.5) is 13.2 Å². The highest BCUT2D eigenvalue weighted by molar-refractivity contribution is 5.67. The van der Waals surface area contributed by atoms with Crippen molar-refractivity contribution < 1.29 is 13.2 Å². The molecule has 0 atom stereocenters. The molecule has 3 heteroatoms. The quantitative estimate of drug-likeness (QED) is 0.411. The molecule has 0 N–H and O–H groups in total. The maximum absolute atomic E-state index is 14.6. The van der Waals surface area contributed by atoms with E-state index in [1.807, 2.05) is 36.4 Å². The highest BCUT2D eigenvalue weighted by atomic mass is 19.2. The molecule has 1 aliphatic carbocycles. The molecule has 0 aliphatic heterocycles. The van der Waals surface area contributed by atoms with Crippen LogP contribution in [-0.2, 0) is 0 Å². The number of hydrogen-bond donors (Lipinski definition) is 0. The Hall–Kier alpha value is -2.81. The molecule has 0 radical (unpaired) electrons. The summed E-state index contributed by atoms with van der Waals surface area (Å²) in [6.07, 6.45) is 7.56. The van der Waals surface area contributed by atoms with Crippen molar-refractivity contribution in [3.05, 3.63) is 101 Å². The van der Waals surface area contributed by atoms with Crippen molar-refractivity contribution in [3.8, 4) is 11.1 Å². The molecule has 0 heterocycles. The summed E-state index contributed by atoms with van der Waals surface area (Å²) in [6, 6.07) is 17.8. The molecule has 1 aliphatic rings. The van der Waals surface area contributed by atoms with Crippen LogP contribution in [0.25, 0.3) is 17.2 Å². The van der Waals surface area contributed by atoms with Crippen LogP contribution in [0, 0.1) is 30.3 Å². The van der Waals surface area contributed by atoms with Gasteiger partial charge in [-0.2, -0.15) is 0 Å². The zero-order valence-electron chi connectivity index (χ0n) is 17.0. The Bertz CT molecular complexity index is 1050. The molecule has 0 unspecified atom stereocenters. The zero-order chi connectivity index (χ0) is 21.1. The van der Waals surface area contributed by atoms with Gasteiger partial charge < -0.3 is 0 Å². The van der Waals surface area contributed by atoms with E-state index < -0.39 is 11.6 Å². The SMILES string of the molecule is Cc1ccc(C2CCC(/C=C/c3ccc(-c4ccccc4)c(F)c3F)CC2)cc1F. The molecule has 0 saturated heterocycles. The van der Waals surface area contributed by atoms with E-state index >= 15 is 0 Å². The largest absolute Gasteiger partial charge is 0.207 e. The second kappa shape index (κ2) is 8.91. The van der Waals surface area contributed by atoms with Gasteiger partial charge in [0, 0.05) is 11.1 Å². The van der Waals surface area contributed by atoms with E-state index in [2.05, 4.69) is 0 Å². The van der Waals surface area contributed by atoms with E-state index in [4.69, 9.17) is 0 Å². The van der Waals surface area contributed by atoms with Gasteiger partial charge in [-0.15, -0.1) is 0 Å². The Labute approximate surface area is 176 Å². The third kappa shape index (κ3) is 4.35. The summed E-state index contributed by atoms with van der Waals surface area (Å²) < 4.78 is 43.0. The number of benzene rings is 3. The number of aryl methyl sites for hydroxylation is 1. The van der Waals surface area contributed by atoms with Crippen LogP contribution in [0.15, 0.2) is 66.7 Å². The molecule has 0 aromatic heterocycles. The fourth-order valence-corrected chi connectivity index (χ4v) is 4.28. The maximum atomic E-state index is 14.6. The second-order valence-electron chi connectivity index (χ2n) is 8.18. The molecule has 0 bridgehead atoms. The average molecular weight is 406 g/mol. The molecular weight excluding hydrogens is 381 g/mol. The molecule has 0 nitrogen and oxygen atoms in total. The lowest BCUT2D eigenvalue weighted by Gasteiger charge is -2.27. The summed E-state index contributed by atoms with van der Waals surface area (Å²) in [6.45, 7) is 1.77. The first-order valence-electron chi connectivity index (χ1n) is 10.5. The summed E-state index contributed by atoms with van der Waals surface area (Å²) in [5.74, 6) is -1.08. The van der Waals surface area contributed by atoms with E-state index in [0.29, 0.717) is 23.0 Å². The molecular formula is C27H25F3. The Morgan fingerprint density at radius 1 is 0.800 bits per heavy atom. The first-order chi connectivity index (χ1) is 14.5. The lowest BCUT2D eigenvalue weighted by atomic mass is 9.78. The maximum Gasteiger partial charge on any atom is 0.167 e. The number of hydrogen-bond acceptors (Lipinski definition) is 0. The molecule has 30 heavy (non-hydrogen) atoms.